The molecule has 0 fully saturated rings. The Labute approximate surface area is 120 Å². The Hall–Kier alpha value is -1.61. The molecule has 0 saturated carbocycles. The maximum atomic E-state index is 13.0. The van der Waals surface area contributed by atoms with Crippen LogP contribution in [0.5, 0.6) is 0 Å². The van der Waals surface area contributed by atoms with E-state index in [1.165, 1.54) is 12.1 Å². The lowest BCUT2D eigenvalue weighted by atomic mass is 10.0. The fourth-order valence-electron chi connectivity index (χ4n) is 2.29. The van der Waals surface area contributed by atoms with Gasteiger partial charge in [0.15, 0.2) is 0 Å². The Bertz CT molecular complexity index is 518. The molecular weight excluding hydrogens is 253 g/mol. The first-order chi connectivity index (χ1) is 9.69. The number of nitrogens with one attached hydrogen (secondary N) is 1. The molecule has 3 heteroatoms. The van der Waals surface area contributed by atoms with Crippen molar-refractivity contribution in [1.82, 2.24) is 5.32 Å². The molecule has 1 aromatic carbocycles. The van der Waals surface area contributed by atoms with Gasteiger partial charge in [0.05, 0.1) is 6.54 Å². The molecule has 0 saturated heterocycles. The third-order valence-corrected chi connectivity index (χ3v) is 3.44. The number of rotatable bonds is 7. The van der Waals surface area contributed by atoms with E-state index in [2.05, 4.69) is 12.2 Å². The van der Waals surface area contributed by atoms with E-state index in [1.807, 2.05) is 31.2 Å². The molecule has 0 spiro atoms. The lowest BCUT2D eigenvalue weighted by Crippen LogP contribution is -2.20. The predicted molar refractivity (Wildman–Crippen MR) is 79.0 cm³/mol. The van der Waals surface area contributed by atoms with Gasteiger partial charge in [-0.3, -0.25) is 0 Å². The Morgan fingerprint density at radius 3 is 2.50 bits per heavy atom. The summed E-state index contributed by atoms with van der Waals surface area (Å²) >= 11 is 0. The second-order valence-electron chi connectivity index (χ2n) is 5.14. The molecule has 0 aliphatic carbocycles. The summed E-state index contributed by atoms with van der Waals surface area (Å²) in [7, 11) is 0. The van der Waals surface area contributed by atoms with Crippen molar-refractivity contribution < 1.29 is 8.81 Å². The number of unbranched alkanes of at least 4 members (excludes halogenated alkanes) is 1. The van der Waals surface area contributed by atoms with Gasteiger partial charge < -0.3 is 9.73 Å². The molecule has 2 aromatic rings. The van der Waals surface area contributed by atoms with Gasteiger partial charge >= 0.3 is 0 Å². The molecule has 1 aromatic heterocycles. The molecule has 108 valence electrons. The molecular formula is C17H22FNO. The SMILES string of the molecule is CCCCC(NCc1ccc(C)o1)c1ccc(F)cc1. The van der Waals surface area contributed by atoms with Gasteiger partial charge in [-0.05, 0) is 43.2 Å². The smallest absolute Gasteiger partial charge is 0.123 e. The largest absolute Gasteiger partial charge is 0.465 e. The van der Waals surface area contributed by atoms with E-state index < -0.39 is 0 Å². The van der Waals surface area contributed by atoms with Crippen LogP contribution in [0.1, 0.15) is 49.3 Å². The molecule has 0 amide bonds. The minimum absolute atomic E-state index is 0.190. The molecule has 0 aliphatic heterocycles. The van der Waals surface area contributed by atoms with Crippen molar-refractivity contribution in [3.63, 3.8) is 0 Å². The van der Waals surface area contributed by atoms with Crippen LogP contribution >= 0.6 is 0 Å². The van der Waals surface area contributed by atoms with E-state index in [0.29, 0.717) is 6.54 Å². The standard InChI is InChI=1S/C17H22FNO/c1-3-4-5-17(14-7-9-15(18)10-8-14)19-12-16-11-6-13(2)20-16/h6-11,17,19H,3-5,12H2,1-2H3. The van der Waals surface area contributed by atoms with E-state index in [1.54, 1.807) is 0 Å². The molecule has 1 heterocycles. The quantitative estimate of drug-likeness (QED) is 0.789. The Morgan fingerprint density at radius 2 is 1.90 bits per heavy atom. The number of hydrogen-bond acceptors (Lipinski definition) is 2. The summed E-state index contributed by atoms with van der Waals surface area (Å²) in [5.41, 5.74) is 1.13. The highest BCUT2D eigenvalue weighted by atomic mass is 19.1. The molecule has 2 rings (SSSR count). The van der Waals surface area contributed by atoms with Crippen molar-refractivity contribution in [3.8, 4) is 0 Å². The molecule has 0 bridgehead atoms. The number of aryl methyl sites for hydroxylation is 1. The van der Waals surface area contributed by atoms with Crippen LogP contribution in [0.25, 0.3) is 0 Å². The van der Waals surface area contributed by atoms with Crippen molar-refractivity contribution in [1.29, 1.82) is 0 Å². The van der Waals surface area contributed by atoms with Gasteiger partial charge in [-0.15, -0.1) is 0 Å². The summed E-state index contributed by atoms with van der Waals surface area (Å²) < 4.78 is 18.6. The zero-order chi connectivity index (χ0) is 14.4. The zero-order valence-electron chi connectivity index (χ0n) is 12.2. The summed E-state index contributed by atoms with van der Waals surface area (Å²) in [6.07, 6.45) is 3.34. The fourth-order valence-corrected chi connectivity index (χ4v) is 2.29. The molecule has 0 radical (unpaired) electrons. The lowest BCUT2D eigenvalue weighted by molar-refractivity contribution is 0.419. The molecule has 1 atom stereocenters. The van der Waals surface area contributed by atoms with Gasteiger partial charge in [-0.2, -0.15) is 0 Å². The van der Waals surface area contributed by atoms with Crippen molar-refractivity contribution in [3.05, 3.63) is 59.3 Å². The van der Waals surface area contributed by atoms with Crippen LogP contribution in [0, 0.1) is 12.7 Å². The highest BCUT2D eigenvalue weighted by Crippen LogP contribution is 2.21. The van der Waals surface area contributed by atoms with Crippen LogP contribution in [0.4, 0.5) is 4.39 Å². The van der Waals surface area contributed by atoms with E-state index >= 15 is 0 Å². The highest BCUT2D eigenvalue weighted by molar-refractivity contribution is 5.20. The van der Waals surface area contributed by atoms with Crippen LogP contribution < -0.4 is 5.32 Å². The number of furan rings is 1. The van der Waals surface area contributed by atoms with E-state index in [-0.39, 0.29) is 11.9 Å². The van der Waals surface area contributed by atoms with Gasteiger partial charge in [0.1, 0.15) is 17.3 Å². The Kier molecular flexibility index (Phi) is 5.36. The van der Waals surface area contributed by atoms with Crippen LogP contribution in [-0.4, -0.2) is 0 Å². The van der Waals surface area contributed by atoms with Crippen molar-refractivity contribution in [2.45, 2.75) is 45.7 Å². The van der Waals surface area contributed by atoms with E-state index in [9.17, 15) is 4.39 Å². The maximum Gasteiger partial charge on any atom is 0.123 e. The number of hydrogen-bond donors (Lipinski definition) is 1. The minimum Gasteiger partial charge on any atom is -0.465 e. The van der Waals surface area contributed by atoms with Crippen LogP contribution in [-0.2, 0) is 6.54 Å². The second kappa shape index (κ2) is 7.25. The maximum absolute atomic E-state index is 13.0. The molecule has 2 nitrogen and oxygen atoms in total. The molecule has 1 N–H and O–H groups in total. The summed E-state index contributed by atoms with van der Waals surface area (Å²) in [4.78, 5) is 0. The first kappa shape index (κ1) is 14.8. The van der Waals surface area contributed by atoms with Gasteiger partial charge in [0.2, 0.25) is 0 Å². The van der Waals surface area contributed by atoms with Crippen molar-refractivity contribution in [2.24, 2.45) is 0 Å². The normalized spacial score (nSPS) is 12.6. The van der Waals surface area contributed by atoms with Gasteiger partial charge in [-0.25, -0.2) is 4.39 Å². The summed E-state index contributed by atoms with van der Waals surface area (Å²) in [5.74, 6) is 1.67. The topological polar surface area (TPSA) is 25.2 Å². The Balaban J connectivity index is 2.01. The molecule has 1 unspecified atom stereocenters. The van der Waals surface area contributed by atoms with Crippen LogP contribution in [0.3, 0.4) is 0 Å². The summed E-state index contributed by atoms with van der Waals surface area (Å²) in [5, 5.41) is 3.50. The van der Waals surface area contributed by atoms with E-state index in [0.717, 1.165) is 36.3 Å². The summed E-state index contributed by atoms with van der Waals surface area (Å²) in [6.45, 7) is 4.81. The van der Waals surface area contributed by atoms with E-state index in [4.69, 9.17) is 4.42 Å². The van der Waals surface area contributed by atoms with Gasteiger partial charge in [-0.1, -0.05) is 31.9 Å². The van der Waals surface area contributed by atoms with Crippen molar-refractivity contribution >= 4 is 0 Å². The number of halogens is 1. The average molecular weight is 275 g/mol. The monoisotopic (exact) mass is 275 g/mol. The third kappa shape index (κ3) is 4.20. The van der Waals surface area contributed by atoms with Gasteiger partial charge in [0, 0.05) is 6.04 Å². The average Bonchev–Trinajstić information content (AvgIpc) is 2.86. The molecule has 20 heavy (non-hydrogen) atoms. The first-order valence-corrected chi connectivity index (χ1v) is 7.23. The predicted octanol–water partition coefficient (Wildman–Crippen LogP) is 4.75. The highest BCUT2D eigenvalue weighted by Gasteiger charge is 2.11. The summed E-state index contributed by atoms with van der Waals surface area (Å²) in [6, 6.07) is 11.0. The van der Waals surface area contributed by atoms with Crippen LogP contribution in [0.2, 0.25) is 0 Å². The third-order valence-electron chi connectivity index (χ3n) is 3.44. The zero-order valence-corrected chi connectivity index (χ0v) is 12.2. The lowest BCUT2D eigenvalue weighted by Gasteiger charge is -2.18. The van der Waals surface area contributed by atoms with Gasteiger partial charge in [0.25, 0.3) is 0 Å². The molecule has 0 aliphatic rings. The van der Waals surface area contributed by atoms with Crippen LogP contribution in [0.15, 0.2) is 40.8 Å². The fraction of sp³-hybridized carbons (Fsp3) is 0.412. The second-order valence-corrected chi connectivity index (χ2v) is 5.14. The Morgan fingerprint density at radius 1 is 1.15 bits per heavy atom. The minimum atomic E-state index is -0.190. The number of benzene rings is 1. The first-order valence-electron chi connectivity index (χ1n) is 7.23. The van der Waals surface area contributed by atoms with Crippen molar-refractivity contribution in [2.75, 3.05) is 0 Å².